The van der Waals surface area contributed by atoms with E-state index in [2.05, 4.69) is 10.1 Å². The average Bonchev–Trinajstić information content (AvgIpc) is 2.59. The molecule has 0 amide bonds. The molecule has 0 saturated heterocycles. The molecule has 2 heterocycles. The van der Waals surface area contributed by atoms with E-state index in [1.807, 2.05) is 0 Å². The van der Waals surface area contributed by atoms with Gasteiger partial charge in [0.15, 0.2) is 0 Å². The van der Waals surface area contributed by atoms with Crippen molar-refractivity contribution in [3.05, 3.63) is 45.8 Å². The zero-order valence-corrected chi connectivity index (χ0v) is 9.20. The maximum absolute atomic E-state index is 10.6. The monoisotopic (exact) mass is 233 g/mol. The Morgan fingerprint density at radius 2 is 2.29 bits per heavy atom. The first-order valence-corrected chi connectivity index (χ1v) is 4.96. The van der Waals surface area contributed by atoms with Crippen molar-refractivity contribution in [3.8, 4) is 0 Å². The first kappa shape index (κ1) is 11.1. The lowest BCUT2D eigenvalue weighted by Crippen LogP contribution is -2.04. The summed E-state index contributed by atoms with van der Waals surface area (Å²) in [4.78, 5) is 14.2. The van der Waals surface area contributed by atoms with Crippen LogP contribution in [0.2, 0.25) is 0 Å². The van der Waals surface area contributed by atoms with Crippen molar-refractivity contribution in [2.45, 2.75) is 13.5 Å². The largest absolute Gasteiger partial charge is 0.392 e. The van der Waals surface area contributed by atoms with E-state index in [9.17, 15) is 10.1 Å². The molecule has 17 heavy (non-hydrogen) atoms. The van der Waals surface area contributed by atoms with Crippen molar-refractivity contribution in [1.82, 2.24) is 14.8 Å². The van der Waals surface area contributed by atoms with Crippen LogP contribution in [0.15, 0.2) is 24.4 Å². The van der Waals surface area contributed by atoms with Gasteiger partial charge in [-0.05, 0) is 24.0 Å². The minimum Gasteiger partial charge on any atom is -0.384 e. The van der Waals surface area contributed by atoms with Crippen molar-refractivity contribution in [2.75, 3.05) is 5.73 Å². The van der Waals surface area contributed by atoms with Crippen molar-refractivity contribution in [3.63, 3.8) is 0 Å². The fraction of sp³-hybridized carbons (Fsp3) is 0.200. The molecule has 88 valence electrons. The minimum absolute atomic E-state index is 0.131. The van der Waals surface area contributed by atoms with E-state index >= 15 is 0 Å². The van der Waals surface area contributed by atoms with Gasteiger partial charge in [-0.3, -0.25) is 0 Å². The van der Waals surface area contributed by atoms with Gasteiger partial charge < -0.3 is 15.8 Å². The summed E-state index contributed by atoms with van der Waals surface area (Å²) in [5.41, 5.74) is 6.78. The molecule has 0 fully saturated rings. The van der Waals surface area contributed by atoms with Crippen LogP contribution in [-0.2, 0) is 6.54 Å². The normalized spacial score (nSPS) is 10.4. The Balaban J connectivity index is 2.25. The molecule has 0 bridgehead atoms. The minimum atomic E-state index is -0.501. The highest BCUT2D eigenvalue weighted by Crippen LogP contribution is 2.14. The fourth-order valence-electron chi connectivity index (χ4n) is 1.52. The molecule has 0 aliphatic rings. The van der Waals surface area contributed by atoms with Crippen LogP contribution in [0.3, 0.4) is 0 Å². The number of hydrogen-bond donors (Lipinski definition) is 1. The zero-order valence-electron chi connectivity index (χ0n) is 9.20. The predicted octanol–water partition coefficient (Wildman–Crippen LogP) is 1.13. The van der Waals surface area contributed by atoms with E-state index in [0.29, 0.717) is 23.6 Å². The number of nitrogens with zero attached hydrogens (tertiary/aromatic N) is 4. The zero-order chi connectivity index (χ0) is 12.4. The van der Waals surface area contributed by atoms with Crippen LogP contribution < -0.4 is 5.73 Å². The van der Waals surface area contributed by atoms with E-state index in [0.717, 1.165) is 0 Å². The van der Waals surface area contributed by atoms with Crippen LogP contribution in [0.25, 0.3) is 0 Å². The summed E-state index contributed by atoms with van der Waals surface area (Å²) in [5, 5.41) is 14.5. The SMILES string of the molecule is Cc1cn(Cc2cccc(N)n2)nc1[N+](=O)[O-]. The number of hydrogen-bond acceptors (Lipinski definition) is 5. The Morgan fingerprint density at radius 3 is 2.88 bits per heavy atom. The van der Waals surface area contributed by atoms with Crippen LogP contribution in [0.4, 0.5) is 11.6 Å². The third kappa shape index (κ3) is 2.39. The highest BCUT2D eigenvalue weighted by Gasteiger charge is 2.17. The van der Waals surface area contributed by atoms with Gasteiger partial charge in [-0.15, -0.1) is 0 Å². The van der Waals surface area contributed by atoms with E-state index in [1.54, 1.807) is 31.3 Å². The lowest BCUT2D eigenvalue weighted by atomic mass is 10.3. The van der Waals surface area contributed by atoms with Crippen LogP contribution in [0, 0.1) is 17.0 Å². The van der Waals surface area contributed by atoms with Gasteiger partial charge in [-0.1, -0.05) is 6.07 Å². The molecule has 0 unspecified atom stereocenters. The Bertz CT molecular complexity index is 564. The number of aryl methyl sites for hydroxylation is 1. The smallest absolute Gasteiger partial charge is 0.384 e. The molecular weight excluding hydrogens is 222 g/mol. The molecule has 0 aliphatic heterocycles. The number of nitrogen functional groups attached to an aromatic ring is 1. The van der Waals surface area contributed by atoms with E-state index < -0.39 is 4.92 Å². The van der Waals surface area contributed by atoms with Crippen molar-refractivity contribution < 1.29 is 4.92 Å². The Labute approximate surface area is 97.0 Å². The molecule has 2 rings (SSSR count). The van der Waals surface area contributed by atoms with Crippen LogP contribution in [0.5, 0.6) is 0 Å². The van der Waals surface area contributed by atoms with Gasteiger partial charge in [0.25, 0.3) is 0 Å². The highest BCUT2D eigenvalue weighted by atomic mass is 16.6. The molecule has 2 aromatic rings. The Kier molecular flexibility index (Phi) is 2.73. The molecule has 0 spiro atoms. The van der Waals surface area contributed by atoms with Crippen LogP contribution in [-0.4, -0.2) is 19.7 Å². The maximum atomic E-state index is 10.6. The summed E-state index contributed by atoms with van der Waals surface area (Å²) in [7, 11) is 0. The Hall–Kier alpha value is -2.44. The number of pyridine rings is 1. The Morgan fingerprint density at radius 1 is 1.53 bits per heavy atom. The van der Waals surface area contributed by atoms with Gasteiger partial charge in [-0.25, -0.2) is 4.98 Å². The van der Waals surface area contributed by atoms with Crippen molar-refractivity contribution in [1.29, 1.82) is 0 Å². The van der Waals surface area contributed by atoms with Gasteiger partial charge in [0, 0.05) is 0 Å². The second kappa shape index (κ2) is 4.20. The summed E-state index contributed by atoms with van der Waals surface area (Å²) >= 11 is 0. The molecule has 7 nitrogen and oxygen atoms in total. The molecule has 0 aromatic carbocycles. The third-order valence-electron chi connectivity index (χ3n) is 2.24. The lowest BCUT2D eigenvalue weighted by molar-refractivity contribution is -0.390. The maximum Gasteiger partial charge on any atom is 0.392 e. The van der Waals surface area contributed by atoms with Gasteiger partial charge in [0.1, 0.15) is 12.4 Å². The average molecular weight is 233 g/mol. The van der Waals surface area contributed by atoms with Gasteiger partial charge in [0.2, 0.25) is 0 Å². The molecule has 0 atom stereocenters. The number of aromatic nitrogens is 3. The molecule has 0 aliphatic carbocycles. The number of rotatable bonds is 3. The topological polar surface area (TPSA) is 99.9 Å². The summed E-state index contributed by atoms with van der Waals surface area (Å²) in [6.07, 6.45) is 1.61. The summed E-state index contributed by atoms with van der Waals surface area (Å²) in [5.74, 6) is 0.287. The quantitative estimate of drug-likeness (QED) is 0.632. The molecule has 7 heteroatoms. The molecule has 2 aromatic heterocycles. The number of anilines is 1. The molecule has 2 N–H and O–H groups in total. The number of nitro groups is 1. The lowest BCUT2D eigenvalue weighted by Gasteiger charge is -1.98. The second-order valence-electron chi connectivity index (χ2n) is 3.64. The first-order valence-electron chi connectivity index (χ1n) is 4.96. The van der Waals surface area contributed by atoms with Crippen molar-refractivity contribution in [2.24, 2.45) is 0 Å². The van der Waals surface area contributed by atoms with Crippen LogP contribution in [0.1, 0.15) is 11.3 Å². The van der Waals surface area contributed by atoms with Crippen molar-refractivity contribution >= 4 is 11.6 Å². The van der Waals surface area contributed by atoms with Gasteiger partial charge >= 0.3 is 5.82 Å². The summed E-state index contributed by atoms with van der Waals surface area (Å²) < 4.78 is 1.48. The third-order valence-corrected chi connectivity index (χ3v) is 2.24. The fourth-order valence-corrected chi connectivity index (χ4v) is 1.52. The van der Waals surface area contributed by atoms with E-state index in [-0.39, 0.29) is 5.82 Å². The summed E-state index contributed by atoms with van der Waals surface area (Å²) in [6.45, 7) is 2.01. The molecular formula is C10H11N5O2. The standard InChI is InChI=1S/C10H11N5O2/c1-7-5-14(13-10(7)15(16)17)6-8-3-2-4-9(11)12-8/h2-5H,6H2,1H3,(H2,11,12). The highest BCUT2D eigenvalue weighted by molar-refractivity contribution is 5.30. The summed E-state index contributed by atoms with van der Waals surface area (Å²) in [6, 6.07) is 5.25. The van der Waals surface area contributed by atoms with E-state index in [1.165, 1.54) is 4.68 Å². The van der Waals surface area contributed by atoms with Crippen LogP contribution >= 0.6 is 0 Å². The predicted molar refractivity (Wildman–Crippen MR) is 61.4 cm³/mol. The van der Waals surface area contributed by atoms with Gasteiger partial charge in [-0.2, -0.15) is 4.68 Å². The number of nitrogens with two attached hydrogens (primary N) is 1. The molecule has 0 saturated carbocycles. The first-order chi connectivity index (χ1) is 8.06. The molecule has 0 radical (unpaired) electrons. The van der Waals surface area contributed by atoms with E-state index in [4.69, 9.17) is 5.73 Å². The van der Waals surface area contributed by atoms with Gasteiger partial charge in [0.05, 0.1) is 22.6 Å². The second-order valence-corrected chi connectivity index (χ2v) is 3.64.